The standard InChI is InChI=1S/C18H19ClF3N3O/c19-16-9-15(18(20,21)22)11-24-17(16)23-10-13-1-3-14(4-2-13)12-25-5-7-26-8-6-25/h1-4,9,11H,5-8,10,12H2,(H,23,24). The van der Waals surface area contributed by atoms with Crippen molar-refractivity contribution in [2.24, 2.45) is 0 Å². The highest BCUT2D eigenvalue weighted by Crippen LogP contribution is 2.32. The van der Waals surface area contributed by atoms with Gasteiger partial charge in [0.25, 0.3) is 0 Å². The molecule has 3 rings (SSSR count). The van der Waals surface area contributed by atoms with Gasteiger partial charge < -0.3 is 10.1 Å². The summed E-state index contributed by atoms with van der Waals surface area (Å²) in [5, 5.41) is 2.92. The molecule has 0 saturated carbocycles. The number of nitrogens with one attached hydrogen (secondary N) is 1. The summed E-state index contributed by atoms with van der Waals surface area (Å²) in [6, 6.07) is 8.95. The minimum Gasteiger partial charge on any atom is -0.379 e. The van der Waals surface area contributed by atoms with Crippen LogP contribution < -0.4 is 5.32 Å². The summed E-state index contributed by atoms with van der Waals surface area (Å²) in [7, 11) is 0. The van der Waals surface area contributed by atoms with Crippen LogP contribution in [0.5, 0.6) is 0 Å². The molecule has 0 bridgehead atoms. The minimum absolute atomic E-state index is 0.0521. The summed E-state index contributed by atoms with van der Waals surface area (Å²) in [4.78, 5) is 6.11. The maximum atomic E-state index is 12.6. The highest BCUT2D eigenvalue weighted by molar-refractivity contribution is 6.32. The molecule has 2 heterocycles. The third-order valence-electron chi connectivity index (χ3n) is 4.16. The molecule has 0 spiro atoms. The predicted octanol–water partition coefficient (Wildman–Crippen LogP) is 4.20. The monoisotopic (exact) mass is 385 g/mol. The van der Waals surface area contributed by atoms with Crippen LogP contribution in [0.1, 0.15) is 16.7 Å². The molecule has 2 aromatic rings. The summed E-state index contributed by atoms with van der Waals surface area (Å²) < 4.78 is 43.2. The van der Waals surface area contributed by atoms with Crippen molar-refractivity contribution < 1.29 is 17.9 Å². The third-order valence-corrected chi connectivity index (χ3v) is 4.45. The maximum Gasteiger partial charge on any atom is 0.417 e. The van der Waals surface area contributed by atoms with Crippen molar-refractivity contribution in [3.8, 4) is 0 Å². The summed E-state index contributed by atoms with van der Waals surface area (Å²) in [5.41, 5.74) is 1.34. The Morgan fingerprint density at radius 3 is 2.38 bits per heavy atom. The molecular formula is C18H19ClF3N3O. The summed E-state index contributed by atoms with van der Waals surface area (Å²) >= 11 is 5.89. The zero-order valence-corrected chi connectivity index (χ0v) is 14.8. The van der Waals surface area contributed by atoms with Crippen molar-refractivity contribution in [1.82, 2.24) is 9.88 Å². The number of aromatic nitrogens is 1. The highest BCUT2D eigenvalue weighted by atomic mass is 35.5. The normalized spacial score (nSPS) is 15.8. The molecule has 1 aromatic heterocycles. The lowest BCUT2D eigenvalue weighted by molar-refractivity contribution is -0.137. The Hall–Kier alpha value is -1.83. The smallest absolute Gasteiger partial charge is 0.379 e. The molecule has 26 heavy (non-hydrogen) atoms. The number of halogens is 4. The van der Waals surface area contributed by atoms with Gasteiger partial charge in [0.1, 0.15) is 5.82 Å². The van der Waals surface area contributed by atoms with E-state index in [-0.39, 0.29) is 10.8 Å². The molecular weight excluding hydrogens is 367 g/mol. The predicted molar refractivity (Wildman–Crippen MR) is 94.1 cm³/mol. The number of benzene rings is 1. The van der Waals surface area contributed by atoms with Crippen molar-refractivity contribution in [3.63, 3.8) is 0 Å². The summed E-state index contributed by atoms with van der Waals surface area (Å²) in [5.74, 6) is 0.233. The number of morpholine rings is 1. The van der Waals surface area contributed by atoms with E-state index >= 15 is 0 Å². The minimum atomic E-state index is -4.45. The van der Waals surface area contributed by atoms with Crippen LogP contribution in [0.15, 0.2) is 36.5 Å². The topological polar surface area (TPSA) is 37.4 Å². The third kappa shape index (κ3) is 5.09. The van der Waals surface area contributed by atoms with Gasteiger partial charge in [0.05, 0.1) is 23.8 Å². The van der Waals surface area contributed by atoms with Crippen molar-refractivity contribution in [2.75, 3.05) is 31.6 Å². The van der Waals surface area contributed by atoms with E-state index in [0.29, 0.717) is 6.54 Å². The fraction of sp³-hybridized carbons (Fsp3) is 0.389. The number of anilines is 1. The van der Waals surface area contributed by atoms with Crippen LogP contribution in [0.4, 0.5) is 19.0 Å². The van der Waals surface area contributed by atoms with Crippen LogP contribution in [0.2, 0.25) is 5.02 Å². The molecule has 0 amide bonds. The van der Waals surface area contributed by atoms with Crippen molar-refractivity contribution in [3.05, 3.63) is 58.2 Å². The Kier molecular flexibility index (Phi) is 6.01. The first-order valence-corrected chi connectivity index (χ1v) is 8.64. The van der Waals surface area contributed by atoms with E-state index in [4.69, 9.17) is 16.3 Å². The number of rotatable bonds is 5. The maximum absolute atomic E-state index is 12.6. The Bertz CT molecular complexity index is 731. The van der Waals surface area contributed by atoms with E-state index in [1.807, 2.05) is 24.3 Å². The van der Waals surface area contributed by atoms with Crippen LogP contribution >= 0.6 is 11.6 Å². The lowest BCUT2D eigenvalue weighted by Crippen LogP contribution is -2.35. The molecule has 0 atom stereocenters. The zero-order valence-electron chi connectivity index (χ0n) is 14.0. The number of ether oxygens (including phenoxy) is 1. The Morgan fingerprint density at radius 2 is 1.77 bits per heavy atom. The first kappa shape index (κ1) is 18.9. The quantitative estimate of drug-likeness (QED) is 0.837. The van der Waals surface area contributed by atoms with Gasteiger partial charge in [-0.25, -0.2) is 4.98 Å². The molecule has 8 heteroatoms. The van der Waals surface area contributed by atoms with Crippen molar-refractivity contribution in [2.45, 2.75) is 19.3 Å². The number of alkyl halides is 3. The summed E-state index contributed by atoms with van der Waals surface area (Å²) in [6.07, 6.45) is -3.68. The van der Waals surface area contributed by atoms with Gasteiger partial charge in [-0.2, -0.15) is 13.2 Å². The van der Waals surface area contributed by atoms with E-state index in [1.165, 1.54) is 5.56 Å². The molecule has 1 saturated heterocycles. The highest BCUT2D eigenvalue weighted by Gasteiger charge is 2.31. The molecule has 0 radical (unpaired) electrons. The SMILES string of the molecule is FC(F)(F)c1cnc(NCc2ccc(CN3CCOCC3)cc2)c(Cl)c1. The average Bonchev–Trinajstić information content (AvgIpc) is 2.62. The van der Waals surface area contributed by atoms with Gasteiger partial charge in [-0.15, -0.1) is 0 Å². The lowest BCUT2D eigenvalue weighted by atomic mass is 10.1. The van der Waals surface area contributed by atoms with Gasteiger partial charge in [-0.05, 0) is 17.2 Å². The molecule has 1 fully saturated rings. The van der Waals surface area contributed by atoms with E-state index in [9.17, 15) is 13.2 Å². The molecule has 0 aliphatic carbocycles. The van der Waals surface area contributed by atoms with Crippen LogP contribution in [0.3, 0.4) is 0 Å². The van der Waals surface area contributed by atoms with Gasteiger partial charge in [0, 0.05) is 32.4 Å². The molecule has 4 nitrogen and oxygen atoms in total. The lowest BCUT2D eigenvalue weighted by Gasteiger charge is -2.26. The fourth-order valence-corrected chi connectivity index (χ4v) is 2.92. The van der Waals surface area contributed by atoms with Crippen LogP contribution in [0, 0.1) is 0 Å². The summed E-state index contributed by atoms with van der Waals surface area (Å²) in [6.45, 7) is 4.70. The molecule has 1 aromatic carbocycles. The first-order valence-electron chi connectivity index (χ1n) is 8.26. The van der Waals surface area contributed by atoms with Crippen LogP contribution in [0.25, 0.3) is 0 Å². The van der Waals surface area contributed by atoms with Gasteiger partial charge in [-0.3, -0.25) is 4.90 Å². The second kappa shape index (κ2) is 8.24. The zero-order chi connectivity index (χ0) is 18.6. The number of nitrogens with zero attached hydrogens (tertiary/aromatic N) is 2. The van der Waals surface area contributed by atoms with Gasteiger partial charge in [0.15, 0.2) is 0 Å². The van der Waals surface area contributed by atoms with Crippen molar-refractivity contribution >= 4 is 17.4 Å². The fourth-order valence-electron chi connectivity index (χ4n) is 2.69. The molecule has 1 aliphatic heterocycles. The van der Waals surface area contributed by atoms with E-state index in [2.05, 4.69) is 15.2 Å². The van der Waals surface area contributed by atoms with Crippen molar-refractivity contribution in [1.29, 1.82) is 0 Å². The second-order valence-corrected chi connectivity index (χ2v) is 6.52. The largest absolute Gasteiger partial charge is 0.417 e. The Morgan fingerprint density at radius 1 is 1.12 bits per heavy atom. The van der Waals surface area contributed by atoms with E-state index < -0.39 is 11.7 Å². The van der Waals surface area contributed by atoms with Gasteiger partial charge >= 0.3 is 6.18 Å². The molecule has 0 unspecified atom stereocenters. The second-order valence-electron chi connectivity index (χ2n) is 6.11. The number of pyridine rings is 1. The number of hydrogen-bond acceptors (Lipinski definition) is 4. The van der Waals surface area contributed by atoms with E-state index in [1.54, 1.807) is 0 Å². The number of hydrogen-bond donors (Lipinski definition) is 1. The van der Waals surface area contributed by atoms with Gasteiger partial charge in [0.2, 0.25) is 0 Å². The Labute approximate surface area is 154 Å². The molecule has 140 valence electrons. The Balaban J connectivity index is 1.56. The van der Waals surface area contributed by atoms with Gasteiger partial charge in [-0.1, -0.05) is 35.9 Å². The van der Waals surface area contributed by atoms with Crippen LogP contribution in [-0.2, 0) is 24.0 Å². The average molecular weight is 386 g/mol. The van der Waals surface area contributed by atoms with Crippen LogP contribution in [-0.4, -0.2) is 36.2 Å². The molecule has 1 N–H and O–H groups in total. The first-order chi connectivity index (χ1) is 12.4. The molecule has 1 aliphatic rings. The van der Waals surface area contributed by atoms with E-state index in [0.717, 1.165) is 50.7 Å².